The van der Waals surface area contributed by atoms with E-state index in [0.29, 0.717) is 12.2 Å². The van der Waals surface area contributed by atoms with E-state index >= 15 is 0 Å². The van der Waals surface area contributed by atoms with Crippen LogP contribution in [0.5, 0.6) is 0 Å². The van der Waals surface area contributed by atoms with Crippen LogP contribution in [0.15, 0.2) is 16.8 Å². The van der Waals surface area contributed by atoms with E-state index in [1.54, 1.807) is 11.3 Å². The van der Waals surface area contributed by atoms with Gasteiger partial charge in [0.15, 0.2) is 5.78 Å². The van der Waals surface area contributed by atoms with Crippen molar-refractivity contribution in [1.82, 2.24) is 4.90 Å². The van der Waals surface area contributed by atoms with Crippen LogP contribution in [-0.4, -0.2) is 29.3 Å². The molecule has 2 rings (SSSR count). The van der Waals surface area contributed by atoms with Crippen LogP contribution in [-0.2, 0) is 11.2 Å². The van der Waals surface area contributed by atoms with Crippen molar-refractivity contribution in [2.75, 3.05) is 13.1 Å². The zero-order valence-electron chi connectivity index (χ0n) is 11.4. The molecule has 0 saturated carbocycles. The van der Waals surface area contributed by atoms with Gasteiger partial charge in [-0.25, -0.2) is 0 Å². The Balaban J connectivity index is 1.96. The minimum atomic E-state index is -0.230. The van der Waals surface area contributed by atoms with Gasteiger partial charge in [-0.1, -0.05) is 6.92 Å². The summed E-state index contributed by atoms with van der Waals surface area (Å²) in [6.45, 7) is 6.46. The molecule has 1 fully saturated rings. The maximum absolute atomic E-state index is 12.5. The highest BCUT2D eigenvalue weighted by Crippen LogP contribution is 2.27. The van der Waals surface area contributed by atoms with E-state index in [0.717, 1.165) is 25.9 Å². The van der Waals surface area contributed by atoms with Gasteiger partial charge < -0.3 is 0 Å². The van der Waals surface area contributed by atoms with Crippen molar-refractivity contribution >= 4 is 17.1 Å². The van der Waals surface area contributed by atoms with E-state index in [9.17, 15) is 4.79 Å². The summed E-state index contributed by atoms with van der Waals surface area (Å²) in [7, 11) is 0. The largest absolute Gasteiger partial charge is 0.298 e. The van der Waals surface area contributed by atoms with Crippen molar-refractivity contribution in [2.45, 2.75) is 51.5 Å². The summed E-state index contributed by atoms with van der Waals surface area (Å²) in [6, 6.07) is 2.12. The van der Waals surface area contributed by atoms with Crippen molar-refractivity contribution in [2.24, 2.45) is 0 Å². The van der Waals surface area contributed by atoms with Gasteiger partial charge in [-0.2, -0.15) is 11.3 Å². The first-order chi connectivity index (χ1) is 8.66. The Morgan fingerprint density at radius 3 is 2.72 bits per heavy atom. The van der Waals surface area contributed by atoms with E-state index in [2.05, 4.69) is 35.6 Å². The second-order valence-electron chi connectivity index (χ2n) is 5.38. The van der Waals surface area contributed by atoms with Gasteiger partial charge in [-0.05, 0) is 68.1 Å². The molecule has 0 radical (unpaired) electrons. The molecule has 1 saturated heterocycles. The molecule has 1 atom stereocenters. The van der Waals surface area contributed by atoms with Crippen LogP contribution < -0.4 is 0 Å². The van der Waals surface area contributed by atoms with Gasteiger partial charge in [0.25, 0.3) is 0 Å². The van der Waals surface area contributed by atoms with Gasteiger partial charge in [0.2, 0.25) is 0 Å². The highest BCUT2D eigenvalue weighted by atomic mass is 32.1. The monoisotopic (exact) mass is 265 g/mol. The summed E-state index contributed by atoms with van der Waals surface area (Å²) in [5, 5.41) is 4.23. The Morgan fingerprint density at radius 1 is 1.44 bits per heavy atom. The van der Waals surface area contributed by atoms with Gasteiger partial charge in [-0.15, -0.1) is 0 Å². The van der Waals surface area contributed by atoms with Gasteiger partial charge in [0.05, 0.1) is 5.54 Å². The molecular weight excluding hydrogens is 242 g/mol. The number of thiophene rings is 1. The van der Waals surface area contributed by atoms with Gasteiger partial charge >= 0.3 is 0 Å². The van der Waals surface area contributed by atoms with Crippen LogP contribution in [0.1, 0.15) is 45.1 Å². The predicted molar refractivity (Wildman–Crippen MR) is 77.2 cm³/mol. The zero-order valence-corrected chi connectivity index (χ0v) is 12.3. The van der Waals surface area contributed by atoms with E-state index in [1.165, 1.54) is 18.4 Å². The van der Waals surface area contributed by atoms with Crippen LogP contribution in [0.2, 0.25) is 0 Å². The summed E-state index contributed by atoms with van der Waals surface area (Å²) in [5.74, 6) is 0.415. The molecule has 0 aromatic carbocycles. The molecule has 0 spiro atoms. The van der Waals surface area contributed by atoms with E-state index in [4.69, 9.17) is 0 Å². The zero-order chi connectivity index (χ0) is 13.0. The fourth-order valence-corrected chi connectivity index (χ4v) is 3.47. The minimum absolute atomic E-state index is 0.230. The normalized spacial score (nSPS) is 19.9. The molecule has 0 N–H and O–H groups in total. The summed E-state index contributed by atoms with van der Waals surface area (Å²) in [5.41, 5.74) is 1.07. The van der Waals surface area contributed by atoms with Crippen LogP contribution in [0.3, 0.4) is 0 Å². The Hall–Kier alpha value is -0.670. The molecule has 18 heavy (non-hydrogen) atoms. The third kappa shape index (κ3) is 2.83. The van der Waals surface area contributed by atoms with Crippen LogP contribution >= 0.6 is 11.3 Å². The van der Waals surface area contributed by atoms with Crippen molar-refractivity contribution in [3.63, 3.8) is 0 Å². The predicted octanol–water partition coefficient (Wildman–Crippen LogP) is 3.51. The molecule has 1 aliphatic heterocycles. The fourth-order valence-electron chi connectivity index (χ4n) is 2.77. The molecule has 2 nitrogen and oxygen atoms in total. The highest BCUT2D eigenvalue weighted by Gasteiger charge is 2.37. The number of ketones is 1. The lowest BCUT2D eigenvalue weighted by Gasteiger charge is -2.36. The standard InChI is InChI=1S/C15H23NOS/c1-3-15(2,16-9-4-5-10-16)14(17)7-6-13-8-11-18-12-13/h8,11-12H,3-7,9-10H2,1-2H3. The Labute approximate surface area is 114 Å². The summed E-state index contributed by atoms with van der Waals surface area (Å²) >= 11 is 1.71. The van der Waals surface area contributed by atoms with E-state index in [1.807, 2.05) is 0 Å². The van der Waals surface area contributed by atoms with Crippen molar-refractivity contribution in [1.29, 1.82) is 0 Å². The van der Waals surface area contributed by atoms with Gasteiger partial charge in [0, 0.05) is 6.42 Å². The molecule has 0 aliphatic carbocycles. The number of hydrogen-bond donors (Lipinski definition) is 0. The first-order valence-corrected chi connectivity index (χ1v) is 7.90. The molecule has 0 amide bonds. The highest BCUT2D eigenvalue weighted by molar-refractivity contribution is 7.07. The SMILES string of the molecule is CCC(C)(C(=O)CCc1ccsc1)N1CCCC1. The number of likely N-dealkylation sites (tertiary alicyclic amines) is 1. The lowest BCUT2D eigenvalue weighted by Crippen LogP contribution is -2.50. The van der Waals surface area contributed by atoms with Crippen molar-refractivity contribution < 1.29 is 4.79 Å². The van der Waals surface area contributed by atoms with Crippen LogP contribution in [0.4, 0.5) is 0 Å². The second-order valence-corrected chi connectivity index (χ2v) is 6.16. The van der Waals surface area contributed by atoms with Crippen LogP contribution in [0.25, 0.3) is 0 Å². The summed E-state index contributed by atoms with van der Waals surface area (Å²) in [6.07, 6.45) is 4.99. The molecule has 2 heterocycles. The maximum atomic E-state index is 12.5. The average molecular weight is 265 g/mol. The topological polar surface area (TPSA) is 20.3 Å². The number of Topliss-reactive ketones (excluding diaryl/α,β-unsaturated/α-hetero) is 1. The molecule has 100 valence electrons. The first kappa shape index (κ1) is 13.8. The van der Waals surface area contributed by atoms with E-state index < -0.39 is 0 Å². The smallest absolute Gasteiger partial charge is 0.153 e. The summed E-state index contributed by atoms with van der Waals surface area (Å²) in [4.78, 5) is 14.9. The third-order valence-electron chi connectivity index (χ3n) is 4.31. The van der Waals surface area contributed by atoms with Crippen molar-refractivity contribution in [3.05, 3.63) is 22.4 Å². The number of aryl methyl sites for hydroxylation is 1. The number of rotatable bonds is 6. The number of hydrogen-bond acceptors (Lipinski definition) is 3. The fraction of sp³-hybridized carbons (Fsp3) is 0.667. The lowest BCUT2D eigenvalue weighted by molar-refractivity contribution is -0.130. The molecule has 3 heteroatoms. The van der Waals surface area contributed by atoms with E-state index in [-0.39, 0.29) is 5.54 Å². The van der Waals surface area contributed by atoms with Crippen molar-refractivity contribution in [3.8, 4) is 0 Å². The molecule has 1 unspecified atom stereocenters. The van der Waals surface area contributed by atoms with Gasteiger partial charge in [-0.3, -0.25) is 9.69 Å². The minimum Gasteiger partial charge on any atom is -0.298 e. The summed E-state index contributed by atoms with van der Waals surface area (Å²) < 4.78 is 0. The number of carbonyl (C=O) groups excluding carboxylic acids is 1. The molecule has 1 aromatic heterocycles. The molecule has 1 aromatic rings. The third-order valence-corrected chi connectivity index (χ3v) is 5.05. The number of carbonyl (C=O) groups is 1. The average Bonchev–Trinajstić information content (AvgIpc) is 3.07. The van der Waals surface area contributed by atoms with Gasteiger partial charge in [0.1, 0.15) is 0 Å². The Bertz CT molecular complexity index is 381. The number of nitrogens with zero attached hydrogens (tertiary/aromatic N) is 1. The quantitative estimate of drug-likeness (QED) is 0.784. The second kappa shape index (κ2) is 5.98. The first-order valence-electron chi connectivity index (χ1n) is 6.96. The van der Waals surface area contributed by atoms with Crippen LogP contribution in [0, 0.1) is 0 Å². The molecule has 1 aliphatic rings. The maximum Gasteiger partial charge on any atom is 0.153 e. The lowest BCUT2D eigenvalue weighted by atomic mass is 9.88. The Kier molecular flexibility index (Phi) is 4.57. The molecule has 0 bridgehead atoms. The Morgan fingerprint density at radius 2 is 2.17 bits per heavy atom. The molecular formula is C15H23NOS.